The molecule has 0 aliphatic rings. The molecule has 0 aliphatic carbocycles. The summed E-state index contributed by atoms with van der Waals surface area (Å²) in [4.78, 5) is 33.4. The SMILES string of the molecule is Cc1cc(Nc2nccn3c(-c4ccc(OC(F)F)cc4)cnc23)ccc1C(=O)NCCCCCCNC(=O)OC(C)(C)C. The van der Waals surface area contributed by atoms with Crippen LogP contribution < -0.4 is 20.7 Å². The lowest BCUT2D eigenvalue weighted by Crippen LogP contribution is -2.33. The second-order valence-electron chi connectivity index (χ2n) is 11.3. The molecule has 2 aromatic heterocycles. The van der Waals surface area contributed by atoms with Gasteiger partial charge in [0.15, 0.2) is 11.5 Å². The van der Waals surface area contributed by atoms with E-state index < -0.39 is 18.3 Å². The lowest BCUT2D eigenvalue weighted by Gasteiger charge is -2.19. The van der Waals surface area contributed by atoms with E-state index in [1.54, 1.807) is 36.8 Å². The number of carbonyl (C=O) groups excluding carboxylic acids is 2. The summed E-state index contributed by atoms with van der Waals surface area (Å²) in [5, 5.41) is 9.01. The smallest absolute Gasteiger partial charge is 0.407 e. The zero-order valence-electron chi connectivity index (χ0n) is 25.3. The van der Waals surface area contributed by atoms with Crippen molar-refractivity contribution < 1.29 is 27.8 Å². The number of ether oxygens (including phenoxy) is 2. The molecule has 4 aromatic rings. The Bertz CT molecular complexity index is 1570. The van der Waals surface area contributed by atoms with Crippen LogP contribution in [0.3, 0.4) is 0 Å². The van der Waals surface area contributed by atoms with Crippen molar-refractivity contribution in [1.29, 1.82) is 0 Å². The van der Waals surface area contributed by atoms with Gasteiger partial charge >= 0.3 is 12.7 Å². The van der Waals surface area contributed by atoms with E-state index in [4.69, 9.17) is 4.74 Å². The molecule has 0 saturated heterocycles. The summed E-state index contributed by atoms with van der Waals surface area (Å²) in [6.07, 6.45) is 8.24. The number of rotatable bonds is 13. The van der Waals surface area contributed by atoms with E-state index in [2.05, 4.69) is 30.7 Å². The fraction of sp³-hybridized carbons (Fsp3) is 0.375. The number of anilines is 2. The van der Waals surface area contributed by atoms with Gasteiger partial charge in [0.25, 0.3) is 5.91 Å². The number of benzene rings is 2. The Balaban J connectivity index is 1.27. The minimum Gasteiger partial charge on any atom is -0.444 e. The summed E-state index contributed by atoms with van der Waals surface area (Å²) >= 11 is 0. The van der Waals surface area contributed by atoms with Gasteiger partial charge in [-0.05, 0) is 88.6 Å². The summed E-state index contributed by atoms with van der Waals surface area (Å²) in [6.45, 7) is 5.60. The number of amides is 2. The number of hydrogen-bond donors (Lipinski definition) is 3. The third kappa shape index (κ3) is 9.13. The summed E-state index contributed by atoms with van der Waals surface area (Å²) < 4.78 is 36.5. The predicted molar refractivity (Wildman–Crippen MR) is 165 cm³/mol. The number of nitrogens with zero attached hydrogens (tertiary/aromatic N) is 3. The van der Waals surface area contributed by atoms with Gasteiger partial charge in [-0.2, -0.15) is 8.78 Å². The number of hydrogen-bond acceptors (Lipinski definition) is 7. The molecule has 44 heavy (non-hydrogen) atoms. The maximum absolute atomic E-state index is 12.8. The molecule has 0 bridgehead atoms. The van der Waals surface area contributed by atoms with Crippen LogP contribution in [0.15, 0.2) is 61.1 Å². The Morgan fingerprint density at radius 1 is 0.955 bits per heavy atom. The third-order valence-electron chi connectivity index (χ3n) is 6.59. The lowest BCUT2D eigenvalue weighted by atomic mass is 10.1. The number of aromatic nitrogens is 3. The largest absolute Gasteiger partial charge is 0.444 e. The highest BCUT2D eigenvalue weighted by molar-refractivity contribution is 5.96. The van der Waals surface area contributed by atoms with E-state index >= 15 is 0 Å². The van der Waals surface area contributed by atoms with Gasteiger partial charge in [-0.3, -0.25) is 9.20 Å². The Hall–Kier alpha value is -4.74. The number of fused-ring (bicyclic) bond motifs is 1. The number of aryl methyl sites for hydroxylation is 1. The van der Waals surface area contributed by atoms with Crippen LogP contribution in [0.25, 0.3) is 16.9 Å². The normalized spacial score (nSPS) is 11.4. The average Bonchev–Trinajstić information content (AvgIpc) is 3.39. The first kappa shape index (κ1) is 32.2. The lowest BCUT2D eigenvalue weighted by molar-refractivity contribution is -0.0498. The van der Waals surface area contributed by atoms with Gasteiger partial charge in [0.2, 0.25) is 0 Å². The number of alkyl halides is 2. The second-order valence-corrected chi connectivity index (χ2v) is 11.3. The molecule has 2 aromatic carbocycles. The summed E-state index contributed by atoms with van der Waals surface area (Å²) in [5.41, 5.74) is 3.75. The first-order valence-corrected chi connectivity index (χ1v) is 14.5. The molecular formula is C32H38F2N6O4. The molecule has 0 aliphatic heterocycles. The van der Waals surface area contributed by atoms with Crippen molar-refractivity contribution in [3.8, 4) is 17.0 Å². The molecule has 0 fully saturated rings. The summed E-state index contributed by atoms with van der Waals surface area (Å²) in [5.74, 6) is 0.466. The van der Waals surface area contributed by atoms with Crippen LogP contribution >= 0.6 is 0 Å². The Morgan fingerprint density at radius 2 is 1.66 bits per heavy atom. The van der Waals surface area contributed by atoms with Crippen molar-refractivity contribution in [2.75, 3.05) is 18.4 Å². The highest BCUT2D eigenvalue weighted by atomic mass is 19.3. The molecule has 4 rings (SSSR count). The van der Waals surface area contributed by atoms with Gasteiger partial charge in [-0.1, -0.05) is 12.8 Å². The molecule has 234 valence electrons. The number of carbonyl (C=O) groups is 2. The van der Waals surface area contributed by atoms with Gasteiger partial charge in [0.05, 0.1) is 11.9 Å². The molecule has 0 saturated carbocycles. The molecule has 0 spiro atoms. The molecule has 2 amide bonds. The number of unbranched alkanes of at least 4 members (excludes halogenated alkanes) is 3. The Morgan fingerprint density at radius 3 is 2.32 bits per heavy atom. The third-order valence-corrected chi connectivity index (χ3v) is 6.59. The van der Waals surface area contributed by atoms with Crippen LogP contribution in [-0.4, -0.2) is 51.7 Å². The quantitative estimate of drug-likeness (QED) is 0.142. The average molecular weight is 609 g/mol. The first-order chi connectivity index (χ1) is 21.0. The fourth-order valence-electron chi connectivity index (χ4n) is 4.57. The summed E-state index contributed by atoms with van der Waals surface area (Å²) in [6, 6.07) is 11.8. The standard InChI is InChI=1S/C32H38F2N6O4/c1-21-19-23(11-14-25(21)29(41)36-15-7-5-6-8-16-37-31(42)44-32(2,3)4)39-27-28-38-20-26(40(28)18-17-35-27)22-9-12-24(13-10-22)43-30(33)34/h9-14,17-20,30H,5-8,15-16H2,1-4H3,(H,35,39)(H,36,41)(H,37,42). The maximum Gasteiger partial charge on any atom is 0.407 e. The number of halogens is 2. The predicted octanol–water partition coefficient (Wildman–Crippen LogP) is 6.86. The molecule has 3 N–H and O–H groups in total. The van der Waals surface area contributed by atoms with Gasteiger partial charge in [-0.15, -0.1) is 0 Å². The van der Waals surface area contributed by atoms with Crippen molar-refractivity contribution >= 4 is 29.2 Å². The van der Waals surface area contributed by atoms with Crippen molar-refractivity contribution in [3.63, 3.8) is 0 Å². The molecule has 12 heteroatoms. The molecular weight excluding hydrogens is 570 g/mol. The second kappa shape index (κ2) is 14.6. The number of alkyl carbamates (subject to hydrolysis) is 1. The van der Waals surface area contributed by atoms with Crippen LogP contribution in [0.2, 0.25) is 0 Å². The van der Waals surface area contributed by atoms with Crippen LogP contribution in [0, 0.1) is 6.92 Å². The van der Waals surface area contributed by atoms with Gasteiger partial charge in [-0.25, -0.2) is 14.8 Å². The highest BCUT2D eigenvalue weighted by Gasteiger charge is 2.16. The number of imidazole rings is 1. The molecule has 2 heterocycles. The Kier molecular flexibility index (Phi) is 10.7. The molecule has 0 radical (unpaired) electrons. The van der Waals surface area contributed by atoms with E-state index in [0.29, 0.717) is 30.1 Å². The van der Waals surface area contributed by atoms with Gasteiger partial charge < -0.3 is 25.4 Å². The van der Waals surface area contributed by atoms with Crippen LogP contribution in [0.1, 0.15) is 62.4 Å². The topological polar surface area (TPSA) is 119 Å². The van der Waals surface area contributed by atoms with Crippen LogP contribution in [0.5, 0.6) is 5.75 Å². The first-order valence-electron chi connectivity index (χ1n) is 14.5. The van der Waals surface area contributed by atoms with Crippen molar-refractivity contribution in [3.05, 3.63) is 72.2 Å². The fourth-order valence-corrected chi connectivity index (χ4v) is 4.57. The van der Waals surface area contributed by atoms with Crippen molar-refractivity contribution in [2.45, 2.75) is 65.6 Å². The maximum atomic E-state index is 12.8. The minimum absolute atomic E-state index is 0.0793. The van der Waals surface area contributed by atoms with Crippen LogP contribution in [-0.2, 0) is 4.74 Å². The molecule has 10 nitrogen and oxygen atoms in total. The monoisotopic (exact) mass is 608 g/mol. The highest BCUT2D eigenvalue weighted by Crippen LogP contribution is 2.27. The molecule has 0 unspecified atom stereocenters. The zero-order chi connectivity index (χ0) is 31.7. The van der Waals surface area contributed by atoms with Crippen molar-refractivity contribution in [2.24, 2.45) is 0 Å². The molecule has 0 atom stereocenters. The van der Waals surface area contributed by atoms with E-state index in [0.717, 1.165) is 48.2 Å². The minimum atomic E-state index is -2.88. The van der Waals surface area contributed by atoms with Gasteiger partial charge in [0.1, 0.15) is 11.4 Å². The van der Waals surface area contributed by atoms with E-state index in [-0.39, 0.29) is 11.7 Å². The summed E-state index contributed by atoms with van der Waals surface area (Å²) in [7, 11) is 0. The van der Waals surface area contributed by atoms with E-state index in [9.17, 15) is 18.4 Å². The Labute approximate surface area is 255 Å². The van der Waals surface area contributed by atoms with E-state index in [1.807, 2.05) is 44.2 Å². The van der Waals surface area contributed by atoms with Gasteiger partial charge in [0, 0.05) is 42.3 Å². The van der Waals surface area contributed by atoms with Crippen LogP contribution in [0.4, 0.5) is 25.1 Å². The number of nitrogens with one attached hydrogen (secondary N) is 3. The van der Waals surface area contributed by atoms with Crippen molar-refractivity contribution in [1.82, 2.24) is 25.0 Å². The van der Waals surface area contributed by atoms with E-state index in [1.165, 1.54) is 12.1 Å². The zero-order valence-corrected chi connectivity index (χ0v) is 25.3.